The lowest BCUT2D eigenvalue weighted by Gasteiger charge is -2.11. The second-order valence-corrected chi connectivity index (χ2v) is 5.30. The van der Waals surface area contributed by atoms with E-state index in [0.717, 1.165) is 31.1 Å². The highest BCUT2D eigenvalue weighted by molar-refractivity contribution is 6.32. The number of nitrogens with two attached hydrogens (primary N) is 1. The van der Waals surface area contributed by atoms with Crippen LogP contribution >= 0.6 is 24.0 Å². The Balaban J connectivity index is 0.00000162. The highest BCUT2D eigenvalue weighted by Crippen LogP contribution is 2.32. The van der Waals surface area contributed by atoms with Gasteiger partial charge in [-0.05, 0) is 49.3 Å². The molecule has 1 aliphatic carbocycles. The zero-order valence-corrected chi connectivity index (χ0v) is 12.3. The van der Waals surface area contributed by atoms with Crippen LogP contribution in [0.3, 0.4) is 0 Å². The largest absolute Gasteiger partial charge is 0.492 e. The minimum Gasteiger partial charge on any atom is -0.492 e. The van der Waals surface area contributed by atoms with Crippen molar-refractivity contribution in [2.45, 2.75) is 38.6 Å². The third-order valence-electron chi connectivity index (χ3n) is 3.19. The topological polar surface area (TPSA) is 35.2 Å². The highest BCUT2D eigenvalue weighted by atomic mass is 35.5. The third-order valence-corrected chi connectivity index (χ3v) is 3.49. The molecule has 2 nitrogen and oxygen atoms in total. The van der Waals surface area contributed by atoms with Gasteiger partial charge in [-0.1, -0.05) is 24.6 Å². The van der Waals surface area contributed by atoms with E-state index >= 15 is 0 Å². The molecule has 0 spiro atoms. The van der Waals surface area contributed by atoms with E-state index in [1.807, 2.05) is 12.1 Å². The summed E-state index contributed by atoms with van der Waals surface area (Å²) < 4.78 is 5.68. The van der Waals surface area contributed by atoms with Gasteiger partial charge in [0, 0.05) is 6.04 Å². The summed E-state index contributed by atoms with van der Waals surface area (Å²) >= 11 is 6.19. The van der Waals surface area contributed by atoms with E-state index < -0.39 is 0 Å². The normalized spacial score (nSPS) is 15.9. The summed E-state index contributed by atoms with van der Waals surface area (Å²) in [6, 6.07) is 6.20. The lowest BCUT2D eigenvalue weighted by atomic mass is 10.0. The van der Waals surface area contributed by atoms with E-state index in [1.165, 1.54) is 18.4 Å². The molecule has 0 amide bonds. The maximum absolute atomic E-state index is 6.19. The van der Waals surface area contributed by atoms with Gasteiger partial charge in [-0.25, -0.2) is 0 Å². The summed E-state index contributed by atoms with van der Waals surface area (Å²) in [5.74, 6) is 1.55. The minimum atomic E-state index is 0. The van der Waals surface area contributed by atoms with E-state index in [1.54, 1.807) is 0 Å². The number of hydrogen-bond acceptors (Lipinski definition) is 2. The summed E-state index contributed by atoms with van der Waals surface area (Å²) in [4.78, 5) is 0. The van der Waals surface area contributed by atoms with Crippen LogP contribution in [0, 0.1) is 5.92 Å². The summed E-state index contributed by atoms with van der Waals surface area (Å²) in [6.07, 6.45) is 4.44. The van der Waals surface area contributed by atoms with Crippen LogP contribution in [0.1, 0.15) is 31.7 Å². The zero-order valence-electron chi connectivity index (χ0n) is 10.7. The molecule has 1 aromatic rings. The first-order valence-corrected chi connectivity index (χ1v) is 6.73. The van der Waals surface area contributed by atoms with Crippen LogP contribution in [0.2, 0.25) is 5.02 Å². The van der Waals surface area contributed by atoms with Crippen molar-refractivity contribution in [3.05, 3.63) is 28.8 Å². The van der Waals surface area contributed by atoms with Gasteiger partial charge in [-0.15, -0.1) is 12.4 Å². The first kappa shape index (κ1) is 15.6. The van der Waals surface area contributed by atoms with Crippen molar-refractivity contribution in [3.8, 4) is 5.75 Å². The van der Waals surface area contributed by atoms with Gasteiger partial charge in [-0.3, -0.25) is 0 Å². The summed E-state index contributed by atoms with van der Waals surface area (Å²) in [6.45, 7) is 2.90. The zero-order chi connectivity index (χ0) is 12.3. The minimum absolute atomic E-state index is 0. The standard InChI is InChI=1S/C14H20ClNO.ClH/c1-2-12(16)7-11-5-6-14(13(15)8-11)17-9-10-3-4-10;/h5-6,8,10,12H,2-4,7,9,16H2,1H3;1H. The monoisotopic (exact) mass is 289 g/mol. The fraction of sp³-hybridized carbons (Fsp3) is 0.571. The average molecular weight is 290 g/mol. The van der Waals surface area contributed by atoms with Gasteiger partial charge in [0.2, 0.25) is 0 Å². The molecule has 0 bridgehead atoms. The van der Waals surface area contributed by atoms with Gasteiger partial charge in [-0.2, -0.15) is 0 Å². The maximum Gasteiger partial charge on any atom is 0.137 e. The molecule has 0 aliphatic heterocycles. The van der Waals surface area contributed by atoms with Crippen molar-refractivity contribution in [2.75, 3.05) is 6.61 Å². The van der Waals surface area contributed by atoms with Crippen LogP contribution in [-0.4, -0.2) is 12.6 Å². The summed E-state index contributed by atoms with van der Waals surface area (Å²) in [5.41, 5.74) is 7.11. The van der Waals surface area contributed by atoms with Gasteiger partial charge in [0.05, 0.1) is 11.6 Å². The molecular formula is C14H21Cl2NO. The molecule has 2 rings (SSSR count). The predicted octanol–water partition coefficient (Wildman–Crippen LogP) is 3.83. The van der Waals surface area contributed by atoms with Crippen LogP contribution < -0.4 is 10.5 Å². The molecule has 2 N–H and O–H groups in total. The molecule has 1 aliphatic rings. The number of benzene rings is 1. The van der Waals surface area contributed by atoms with E-state index in [4.69, 9.17) is 22.1 Å². The molecule has 0 saturated heterocycles. The molecule has 1 aromatic carbocycles. The van der Waals surface area contributed by atoms with Crippen molar-refractivity contribution < 1.29 is 4.74 Å². The molecule has 4 heteroatoms. The number of halogens is 2. The number of hydrogen-bond donors (Lipinski definition) is 1. The van der Waals surface area contributed by atoms with Gasteiger partial charge in [0.15, 0.2) is 0 Å². The molecule has 0 heterocycles. The highest BCUT2D eigenvalue weighted by Gasteiger charge is 2.22. The fourth-order valence-corrected chi connectivity index (χ4v) is 1.99. The Morgan fingerprint density at radius 3 is 2.72 bits per heavy atom. The second-order valence-electron chi connectivity index (χ2n) is 4.89. The number of ether oxygens (including phenoxy) is 1. The van der Waals surface area contributed by atoms with Crippen LogP contribution in [0.15, 0.2) is 18.2 Å². The van der Waals surface area contributed by atoms with Crippen LogP contribution in [0.4, 0.5) is 0 Å². The lowest BCUT2D eigenvalue weighted by molar-refractivity contribution is 0.300. The van der Waals surface area contributed by atoms with Crippen molar-refractivity contribution in [2.24, 2.45) is 11.7 Å². The molecule has 102 valence electrons. The second kappa shape index (κ2) is 7.22. The molecule has 1 unspecified atom stereocenters. The molecule has 1 atom stereocenters. The van der Waals surface area contributed by atoms with Crippen LogP contribution in [-0.2, 0) is 6.42 Å². The van der Waals surface area contributed by atoms with E-state index in [0.29, 0.717) is 5.02 Å². The predicted molar refractivity (Wildman–Crippen MR) is 78.9 cm³/mol. The van der Waals surface area contributed by atoms with E-state index in [2.05, 4.69) is 13.0 Å². The Bertz CT molecular complexity index is 380. The van der Waals surface area contributed by atoms with Crippen molar-refractivity contribution in [1.82, 2.24) is 0 Å². The molecule has 18 heavy (non-hydrogen) atoms. The van der Waals surface area contributed by atoms with Gasteiger partial charge in [0.1, 0.15) is 5.75 Å². The summed E-state index contributed by atoms with van der Waals surface area (Å²) in [5, 5.41) is 0.700. The van der Waals surface area contributed by atoms with Crippen LogP contribution in [0.25, 0.3) is 0 Å². The lowest BCUT2D eigenvalue weighted by Crippen LogP contribution is -2.21. The Morgan fingerprint density at radius 2 is 2.17 bits per heavy atom. The third kappa shape index (κ3) is 4.68. The van der Waals surface area contributed by atoms with E-state index in [-0.39, 0.29) is 18.4 Å². The average Bonchev–Trinajstić information content (AvgIpc) is 3.12. The van der Waals surface area contributed by atoms with E-state index in [9.17, 15) is 0 Å². The first-order valence-electron chi connectivity index (χ1n) is 6.36. The van der Waals surface area contributed by atoms with Crippen LogP contribution in [0.5, 0.6) is 5.75 Å². The Kier molecular flexibility index (Phi) is 6.27. The van der Waals surface area contributed by atoms with Crippen molar-refractivity contribution in [3.63, 3.8) is 0 Å². The Labute approximate surface area is 120 Å². The van der Waals surface area contributed by atoms with Crippen molar-refractivity contribution in [1.29, 1.82) is 0 Å². The van der Waals surface area contributed by atoms with Gasteiger partial charge >= 0.3 is 0 Å². The number of rotatable bonds is 6. The molecule has 1 saturated carbocycles. The molecular weight excluding hydrogens is 269 g/mol. The Morgan fingerprint density at radius 1 is 1.44 bits per heavy atom. The SMILES string of the molecule is CCC(N)Cc1ccc(OCC2CC2)c(Cl)c1.Cl. The Hall–Kier alpha value is -0.440. The maximum atomic E-state index is 6.19. The van der Waals surface area contributed by atoms with Gasteiger partial charge in [0.25, 0.3) is 0 Å². The van der Waals surface area contributed by atoms with Gasteiger partial charge < -0.3 is 10.5 Å². The first-order chi connectivity index (χ1) is 8.19. The molecule has 1 fully saturated rings. The summed E-state index contributed by atoms with van der Waals surface area (Å²) in [7, 11) is 0. The van der Waals surface area contributed by atoms with Crippen molar-refractivity contribution >= 4 is 24.0 Å². The molecule has 0 radical (unpaired) electrons. The quantitative estimate of drug-likeness (QED) is 0.864. The molecule has 0 aromatic heterocycles. The fourth-order valence-electron chi connectivity index (χ4n) is 1.73. The smallest absolute Gasteiger partial charge is 0.137 e.